The number of anilines is 1. The van der Waals surface area contributed by atoms with Crippen LogP contribution >= 0.6 is 11.6 Å². The average molecular weight is 450 g/mol. The molecular formula is C23H24ClN7O. The van der Waals surface area contributed by atoms with Crippen molar-refractivity contribution in [3.05, 3.63) is 47.7 Å². The summed E-state index contributed by atoms with van der Waals surface area (Å²) in [6.07, 6.45) is 4.67. The van der Waals surface area contributed by atoms with Gasteiger partial charge in [0.15, 0.2) is 5.82 Å². The number of nitrogens with zero attached hydrogens (tertiary/aromatic N) is 6. The van der Waals surface area contributed by atoms with Gasteiger partial charge in [0.1, 0.15) is 17.1 Å². The minimum Gasteiger partial charge on any atom is -0.475 e. The van der Waals surface area contributed by atoms with Crippen LogP contribution in [0, 0.1) is 5.92 Å². The Kier molecular flexibility index (Phi) is 5.40. The standard InChI is InChI=1S/C23H24ClN7O/c1-30-8-5-14(12-30)13-32-23-22(25)27-21(18-6-9-31(2)29-18)20(28-23)16-10-15-4-3-7-26-19(15)17(24)11-16/h3-4,6-7,9-11,14H,5,8,12-13H2,1-2H3,(H2,25,27). The second kappa shape index (κ2) is 8.37. The van der Waals surface area contributed by atoms with E-state index in [0.29, 0.717) is 40.5 Å². The van der Waals surface area contributed by atoms with E-state index >= 15 is 0 Å². The van der Waals surface area contributed by atoms with Gasteiger partial charge in [0.2, 0.25) is 0 Å². The Morgan fingerprint density at radius 2 is 2.06 bits per heavy atom. The molecule has 1 fully saturated rings. The van der Waals surface area contributed by atoms with Gasteiger partial charge in [-0.1, -0.05) is 17.7 Å². The van der Waals surface area contributed by atoms with Crippen molar-refractivity contribution in [2.24, 2.45) is 13.0 Å². The van der Waals surface area contributed by atoms with Gasteiger partial charge in [-0.25, -0.2) is 9.97 Å². The van der Waals surface area contributed by atoms with E-state index in [1.807, 2.05) is 43.6 Å². The highest BCUT2D eigenvalue weighted by atomic mass is 35.5. The van der Waals surface area contributed by atoms with Crippen molar-refractivity contribution in [1.29, 1.82) is 0 Å². The molecule has 1 saturated heterocycles. The zero-order valence-electron chi connectivity index (χ0n) is 18.0. The van der Waals surface area contributed by atoms with E-state index < -0.39 is 0 Å². The molecule has 1 unspecified atom stereocenters. The van der Waals surface area contributed by atoms with Gasteiger partial charge in [-0.2, -0.15) is 5.10 Å². The zero-order valence-corrected chi connectivity index (χ0v) is 18.8. The van der Waals surface area contributed by atoms with Crippen molar-refractivity contribution in [3.63, 3.8) is 0 Å². The molecule has 2 N–H and O–H groups in total. The van der Waals surface area contributed by atoms with Crippen molar-refractivity contribution >= 4 is 28.3 Å². The molecule has 0 bridgehead atoms. The molecule has 3 aromatic heterocycles. The number of benzene rings is 1. The number of hydrogen-bond acceptors (Lipinski definition) is 7. The van der Waals surface area contributed by atoms with Crippen LogP contribution in [0.4, 0.5) is 5.82 Å². The Hall–Kier alpha value is -3.23. The number of nitrogens with two attached hydrogens (primary N) is 1. The van der Waals surface area contributed by atoms with E-state index in [9.17, 15) is 0 Å². The molecule has 1 atom stereocenters. The first kappa shape index (κ1) is 20.7. The van der Waals surface area contributed by atoms with Gasteiger partial charge in [-0.15, -0.1) is 0 Å². The maximum Gasteiger partial charge on any atom is 0.257 e. The van der Waals surface area contributed by atoms with Crippen LogP contribution in [0.3, 0.4) is 0 Å². The summed E-state index contributed by atoms with van der Waals surface area (Å²) < 4.78 is 7.77. The van der Waals surface area contributed by atoms with Crippen LogP contribution in [0.15, 0.2) is 42.7 Å². The molecule has 5 rings (SSSR count). The van der Waals surface area contributed by atoms with E-state index in [2.05, 4.69) is 27.0 Å². The number of pyridine rings is 1. The normalized spacial score (nSPS) is 16.7. The van der Waals surface area contributed by atoms with E-state index in [0.717, 1.165) is 36.0 Å². The van der Waals surface area contributed by atoms with Crippen molar-refractivity contribution in [3.8, 4) is 28.5 Å². The molecule has 32 heavy (non-hydrogen) atoms. The predicted molar refractivity (Wildman–Crippen MR) is 125 cm³/mol. The summed E-state index contributed by atoms with van der Waals surface area (Å²) in [4.78, 5) is 16.1. The number of nitrogen functional groups attached to an aromatic ring is 1. The summed E-state index contributed by atoms with van der Waals surface area (Å²) in [5.41, 5.74) is 9.67. The first-order valence-corrected chi connectivity index (χ1v) is 10.9. The number of hydrogen-bond donors (Lipinski definition) is 1. The third-order valence-electron chi connectivity index (χ3n) is 5.72. The van der Waals surface area contributed by atoms with Crippen LogP contribution < -0.4 is 10.5 Å². The fourth-order valence-electron chi connectivity index (χ4n) is 4.10. The predicted octanol–water partition coefficient (Wildman–Crippen LogP) is 3.66. The molecule has 1 aliphatic rings. The molecule has 4 aromatic rings. The fraction of sp³-hybridized carbons (Fsp3) is 0.304. The Morgan fingerprint density at radius 1 is 1.19 bits per heavy atom. The van der Waals surface area contributed by atoms with E-state index in [4.69, 9.17) is 27.1 Å². The maximum atomic E-state index is 6.56. The Balaban J connectivity index is 1.60. The Bertz CT molecular complexity index is 1290. The van der Waals surface area contributed by atoms with Crippen molar-refractivity contribution in [2.75, 3.05) is 32.5 Å². The van der Waals surface area contributed by atoms with Gasteiger partial charge in [0.25, 0.3) is 5.88 Å². The summed E-state index contributed by atoms with van der Waals surface area (Å²) in [6, 6.07) is 9.57. The molecule has 9 heteroatoms. The van der Waals surface area contributed by atoms with E-state index in [-0.39, 0.29) is 5.82 Å². The van der Waals surface area contributed by atoms with Crippen molar-refractivity contribution < 1.29 is 4.74 Å². The van der Waals surface area contributed by atoms with E-state index in [1.165, 1.54) is 0 Å². The smallest absolute Gasteiger partial charge is 0.257 e. The highest BCUT2D eigenvalue weighted by Crippen LogP contribution is 2.36. The SMILES string of the molecule is CN1CCC(COc2nc(-c3cc(Cl)c4ncccc4c3)c(-c3ccn(C)n3)nc2N)C1. The van der Waals surface area contributed by atoms with Crippen molar-refractivity contribution in [1.82, 2.24) is 29.6 Å². The summed E-state index contributed by atoms with van der Waals surface area (Å²) in [6.45, 7) is 2.62. The van der Waals surface area contributed by atoms with Crippen LogP contribution in [0.5, 0.6) is 5.88 Å². The highest BCUT2D eigenvalue weighted by molar-refractivity contribution is 6.35. The number of likely N-dealkylation sites (tertiary alicyclic amines) is 1. The highest BCUT2D eigenvalue weighted by Gasteiger charge is 2.23. The second-order valence-electron chi connectivity index (χ2n) is 8.25. The lowest BCUT2D eigenvalue weighted by molar-refractivity contribution is 0.242. The van der Waals surface area contributed by atoms with Crippen LogP contribution in [0.25, 0.3) is 33.5 Å². The van der Waals surface area contributed by atoms with Crippen molar-refractivity contribution in [2.45, 2.75) is 6.42 Å². The minimum absolute atomic E-state index is 0.245. The molecule has 0 saturated carbocycles. The molecule has 0 radical (unpaired) electrons. The van der Waals surface area contributed by atoms with Gasteiger partial charge in [0, 0.05) is 42.9 Å². The molecule has 4 heterocycles. The lowest BCUT2D eigenvalue weighted by atomic mass is 10.0. The molecule has 0 amide bonds. The van der Waals surface area contributed by atoms with E-state index in [1.54, 1.807) is 10.9 Å². The van der Waals surface area contributed by atoms with Crippen LogP contribution in [-0.4, -0.2) is 56.4 Å². The Labute approximate surface area is 191 Å². The third kappa shape index (κ3) is 3.99. The quantitative estimate of drug-likeness (QED) is 0.496. The molecule has 0 spiro atoms. The number of fused-ring (bicyclic) bond motifs is 1. The number of aryl methyl sites for hydroxylation is 1. The fourth-order valence-corrected chi connectivity index (χ4v) is 4.38. The maximum absolute atomic E-state index is 6.56. The topological polar surface area (TPSA) is 95.0 Å². The summed E-state index contributed by atoms with van der Waals surface area (Å²) in [5, 5.41) is 5.96. The van der Waals surface area contributed by atoms with Crippen LogP contribution in [0.2, 0.25) is 5.02 Å². The number of rotatable bonds is 5. The molecule has 0 aliphatic carbocycles. The van der Waals surface area contributed by atoms with Gasteiger partial charge in [0.05, 0.1) is 17.1 Å². The number of aromatic nitrogens is 5. The largest absolute Gasteiger partial charge is 0.475 e. The second-order valence-corrected chi connectivity index (χ2v) is 8.65. The summed E-state index contributed by atoms with van der Waals surface area (Å²) in [7, 11) is 3.97. The van der Waals surface area contributed by atoms with Gasteiger partial charge < -0.3 is 15.4 Å². The zero-order chi connectivity index (χ0) is 22.2. The minimum atomic E-state index is 0.245. The molecule has 164 valence electrons. The van der Waals surface area contributed by atoms with Gasteiger partial charge in [-0.3, -0.25) is 9.67 Å². The van der Waals surface area contributed by atoms with Gasteiger partial charge in [-0.05, 0) is 44.3 Å². The molecule has 1 aromatic carbocycles. The number of halogens is 1. The number of ether oxygens (including phenoxy) is 1. The molecular weight excluding hydrogens is 426 g/mol. The molecule has 8 nitrogen and oxygen atoms in total. The first-order valence-electron chi connectivity index (χ1n) is 10.5. The first-order chi connectivity index (χ1) is 15.5. The lowest BCUT2D eigenvalue weighted by Crippen LogP contribution is -2.18. The van der Waals surface area contributed by atoms with Gasteiger partial charge >= 0.3 is 0 Å². The summed E-state index contributed by atoms with van der Waals surface area (Å²) >= 11 is 6.56. The monoisotopic (exact) mass is 449 g/mol. The Morgan fingerprint density at radius 3 is 2.81 bits per heavy atom. The average Bonchev–Trinajstić information content (AvgIpc) is 3.40. The third-order valence-corrected chi connectivity index (χ3v) is 6.01. The van der Waals surface area contributed by atoms with Crippen LogP contribution in [0.1, 0.15) is 6.42 Å². The van der Waals surface area contributed by atoms with Crippen LogP contribution in [-0.2, 0) is 7.05 Å². The molecule has 1 aliphatic heterocycles. The lowest BCUT2D eigenvalue weighted by Gasteiger charge is -2.15. The summed E-state index contributed by atoms with van der Waals surface area (Å²) in [5.74, 6) is 1.02.